The Hall–Kier alpha value is -3.95. The van der Waals surface area contributed by atoms with Crippen molar-refractivity contribution in [1.82, 2.24) is 26.2 Å². The van der Waals surface area contributed by atoms with Gasteiger partial charge in [-0.1, -0.05) is 50.3 Å². The van der Waals surface area contributed by atoms with E-state index in [0.717, 1.165) is 17.8 Å². The molecule has 1 heterocycles. The number of hydrogen-bond donors (Lipinski definition) is 4. The average molecular weight is 698 g/mol. The van der Waals surface area contributed by atoms with Crippen LogP contribution in [0.2, 0.25) is 0 Å². The number of carbonyl (C=O) groups excluding carboxylic acids is 5. The van der Waals surface area contributed by atoms with E-state index in [4.69, 9.17) is 0 Å². The maximum Gasteiger partial charge on any atom is 0.315 e. The van der Waals surface area contributed by atoms with Crippen molar-refractivity contribution in [3.05, 3.63) is 60.7 Å². The van der Waals surface area contributed by atoms with E-state index in [0.29, 0.717) is 32.4 Å². The van der Waals surface area contributed by atoms with Crippen molar-refractivity contribution in [2.75, 3.05) is 19.6 Å². The van der Waals surface area contributed by atoms with E-state index in [2.05, 4.69) is 60.4 Å². The summed E-state index contributed by atoms with van der Waals surface area (Å²) in [5.74, 6) is -0.0766. The lowest BCUT2D eigenvalue weighted by Gasteiger charge is -2.56. The topological polar surface area (TPSA) is 137 Å². The third-order valence-corrected chi connectivity index (χ3v) is 13.6. The number of benzene rings is 1. The highest BCUT2D eigenvalue weighted by Crippen LogP contribution is 2.65. The molecule has 274 valence electrons. The summed E-state index contributed by atoms with van der Waals surface area (Å²) < 4.78 is 0. The van der Waals surface area contributed by atoms with Crippen LogP contribution in [0.3, 0.4) is 0 Å². The van der Waals surface area contributed by atoms with Crippen molar-refractivity contribution >= 4 is 29.5 Å². The van der Waals surface area contributed by atoms with Crippen molar-refractivity contribution < 1.29 is 24.0 Å². The minimum Gasteiger partial charge on any atom is -0.346 e. The van der Waals surface area contributed by atoms with Gasteiger partial charge in [-0.05, 0) is 122 Å². The van der Waals surface area contributed by atoms with Crippen LogP contribution in [0.15, 0.2) is 49.6 Å². The van der Waals surface area contributed by atoms with Crippen LogP contribution in [-0.4, -0.2) is 72.2 Å². The molecule has 5 saturated carbocycles. The zero-order chi connectivity index (χ0) is 36.1. The summed E-state index contributed by atoms with van der Waals surface area (Å²) >= 11 is 0. The zero-order valence-electron chi connectivity index (χ0n) is 30.3. The van der Waals surface area contributed by atoms with E-state index in [-0.39, 0.29) is 53.5 Å². The Bertz CT molecular complexity index is 1540. The van der Waals surface area contributed by atoms with Crippen molar-refractivity contribution in [3.63, 3.8) is 0 Å². The molecule has 6 fully saturated rings. The van der Waals surface area contributed by atoms with Crippen molar-refractivity contribution in [3.8, 4) is 0 Å². The van der Waals surface area contributed by atoms with Gasteiger partial charge in [0.15, 0.2) is 0 Å². The Morgan fingerprint density at radius 1 is 0.902 bits per heavy atom. The number of fused-ring (bicyclic) bond motifs is 2. The highest BCUT2D eigenvalue weighted by Gasteiger charge is 2.70. The highest BCUT2D eigenvalue weighted by atomic mass is 16.2. The van der Waals surface area contributed by atoms with Gasteiger partial charge < -0.3 is 26.2 Å². The highest BCUT2D eigenvalue weighted by molar-refractivity contribution is 6.38. The molecule has 5 atom stereocenters. The number of ketones is 1. The molecule has 10 heteroatoms. The number of nitrogens with one attached hydrogen (secondary N) is 4. The fraction of sp³-hybridized carbons (Fsp3) is 0.634. The van der Waals surface area contributed by atoms with Crippen LogP contribution in [0.1, 0.15) is 76.3 Å². The molecule has 4 N–H and O–H groups in total. The zero-order valence-corrected chi connectivity index (χ0v) is 30.3. The van der Waals surface area contributed by atoms with Gasteiger partial charge in [0.05, 0.1) is 6.04 Å². The van der Waals surface area contributed by atoms with Crippen molar-refractivity contribution in [2.45, 2.75) is 96.2 Å². The molecule has 1 aromatic rings. The normalized spacial score (nSPS) is 31.8. The molecular weight excluding hydrogens is 642 g/mol. The van der Waals surface area contributed by atoms with Gasteiger partial charge in [0.1, 0.15) is 12.1 Å². The molecule has 1 saturated heterocycles. The summed E-state index contributed by atoms with van der Waals surface area (Å²) in [6, 6.07) is 5.13. The van der Waals surface area contributed by atoms with E-state index in [9.17, 15) is 24.0 Å². The van der Waals surface area contributed by atoms with E-state index < -0.39 is 35.7 Å². The van der Waals surface area contributed by atoms with E-state index in [1.54, 1.807) is 11.0 Å². The Labute approximate surface area is 302 Å². The molecule has 1 aromatic carbocycles. The van der Waals surface area contributed by atoms with Crippen LogP contribution in [-0.2, 0) is 32.0 Å². The summed E-state index contributed by atoms with van der Waals surface area (Å²) in [5.41, 5.74) is 2.34. The number of carbonyl (C=O) groups is 5. The predicted molar refractivity (Wildman–Crippen MR) is 194 cm³/mol. The number of piperidine rings is 1. The fourth-order valence-electron chi connectivity index (χ4n) is 11.4. The van der Waals surface area contributed by atoms with E-state index >= 15 is 0 Å². The van der Waals surface area contributed by atoms with Crippen LogP contribution >= 0.6 is 0 Å². The van der Waals surface area contributed by atoms with Gasteiger partial charge in [-0.3, -0.25) is 19.2 Å². The molecule has 10 nitrogen and oxygen atoms in total. The SMILES string of the molecule is C=CCCC(NC(=O)[C@@H]1[C@@H]2[C@H](CN1C(=O)[C@@H](NC(=O)NCC13CC4CC(CC(C4)C1)C3)C1Cc3ccccc3C1)C2(C)C)C(=O)C(=O)NCC=C. The van der Waals surface area contributed by atoms with Crippen LogP contribution in [0, 0.1) is 46.3 Å². The standard InChI is InChI=1S/C41H55N5O5/c1-5-7-12-31(35(47)37(49)42-13-6-2)44-36(48)34-32-30(40(32,3)4)22-46(34)38(50)33(29-17-27-10-8-9-11-28(27)18-29)45-39(51)43-23-41-19-24-14-25(20-41)16-26(15-24)21-41/h5-6,8-11,24-26,29-34H,1-2,7,12-23H2,3-4H3,(H,42,49)(H,44,48)(H2,43,45,51)/t24?,25?,26?,30-,31?,32-,33-,34-,41?/m0/s1. The van der Waals surface area contributed by atoms with Gasteiger partial charge in [0, 0.05) is 19.6 Å². The molecule has 0 aromatic heterocycles. The first kappa shape index (κ1) is 35.5. The Morgan fingerprint density at radius 2 is 1.53 bits per heavy atom. The second-order valence-electron chi connectivity index (χ2n) is 17.3. The summed E-state index contributed by atoms with van der Waals surface area (Å²) in [5, 5.41) is 11.7. The van der Waals surface area contributed by atoms with E-state index in [1.807, 2.05) is 12.1 Å². The predicted octanol–water partition coefficient (Wildman–Crippen LogP) is 4.09. The summed E-state index contributed by atoms with van der Waals surface area (Å²) in [7, 11) is 0. The third kappa shape index (κ3) is 6.87. The first-order chi connectivity index (χ1) is 24.4. The van der Waals surface area contributed by atoms with Crippen LogP contribution < -0.4 is 21.3 Å². The third-order valence-electron chi connectivity index (χ3n) is 13.6. The Morgan fingerprint density at radius 3 is 2.12 bits per heavy atom. The van der Waals surface area contributed by atoms with Gasteiger partial charge in [-0.25, -0.2) is 4.79 Å². The fourth-order valence-corrected chi connectivity index (χ4v) is 11.4. The maximum absolute atomic E-state index is 14.8. The first-order valence-corrected chi connectivity index (χ1v) is 19.2. The molecule has 51 heavy (non-hydrogen) atoms. The molecule has 0 spiro atoms. The number of urea groups is 1. The minimum absolute atomic E-state index is 0.0995. The molecule has 5 amide bonds. The van der Waals surface area contributed by atoms with E-state index in [1.165, 1.54) is 55.7 Å². The summed E-state index contributed by atoms with van der Waals surface area (Å²) in [6.07, 6.45) is 12.6. The number of rotatable bonds is 14. The minimum atomic E-state index is -1.06. The second-order valence-corrected chi connectivity index (χ2v) is 17.3. The van der Waals surface area contributed by atoms with Gasteiger partial charge in [-0.15, -0.1) is 13.2 Å². The summed E-state index contributed by atoms with van der Waals surface area (Å²) in [4.78, 5) is 70.3. The van der Waals surface area contributed by atoms with Crippen molar-refractivity contribution in [2.24, 2.45) is 46.3 Å². The molecule has 1 unspecified atom stereocenters. The molecule has 8 rings (SSSR count). The van der Waals surface area contributed by atoms with Crippen molar-refractivity contribution in [1.29, 1.82) is 0 Å². The molecule has 1 aliphatic heterocycles. The van der Waals surface area contributed by atoms with Crippen LogP contribution in [0.5, 0.6) is 0 Å². The monoisotopic (exact) mass is 697 g/mol. The quantitative estimate of drug-likeness (QED) is 0.172. The lowest BCUT2D eigenvalue weighted by Crippen LogP contribution is -2.61. The molecular formula is C41H55N5O5. The van der Waals surface area contributed by atoms with Crippen LogP contribution in [0.4, 0.5) is 4.79 Å². The van der Waals surface area contributed by atoms with Gasteiger partial charge >= 0.3 is 6.03 Å². The number of allylic oxidation sites excluding steroid dienone is 1. The lowest BCUT2D eigenvalue weighted by atomic mass is 9.49. The largest absolute Gasteiger partial charge is 0.346 e. The van der Waals surface area contributed by atoms with Gasteiger partial charge in [0.25, 0.3) is 5.91 Å². The number of Topliss-reactive ketones (excluding diaryl/α,β-unsaturated/α-hetero) is 1. The second kappa shape index (κ2) is 13.9. The molecule has 6 aliphatic carbocycles. The molecule has 4 bridgehead atoms. The number of likely N-dealkylation sites (tertiary alicyclic amines) is 1. The first-order valence-electron chi connectivity index (χ1n) is 19.2. The molecule has 7 aliphatic rings. The number of amides is 5. The Kier molecular flexibility index (Phi) is 9.65. The Balaban J connectivity index is 1.09. The number of nitrogens with zero attached hydrogens (tertiary/aromatic N) is 1. The maximum atomic E-state index is 14.8. The summed E-state index contributed by atoms with van der Waals surface area (Å²) in [6.45, 7) is 12.7. The number of hydrogen-bond acceptors (Lipinski definition) is 5. The smallest absolute Gasteiger partial charge is 0.315 e. The van der Waals surface area contributed by atoms with Gasteiger partial charge in [0.2, 0.25) is 17.6 Å². The lowest BCUT2D eigenvalue weighted by molar-refractivity contribution is -0.144. The molecule has 0 radical (unpaired) electrons. The van der Waals surface area contributed by atoms with Crippen LogP contribution in [0.25, 0.3) is 0 Å². The average Bonchev–Trinajstić information content (AvgIpc) is 3.46. The van der Waals surface area contributed by atoms with Gasteiger partial charge in [-0.2, -0.15) is 0 Å².